The molecule has 1 fully saturated rings. The van der Waals surface area contributed by atoms with E-state index in [1.807, 2.05) is 30.3 Å². The van der Waals surface area contributed by atoms with Crippen molar-refractivity contribution in [2.75, 3.05) is 13.2 Å². The molecule has 1 heterocycles. The highest BCUT2D eigenvalue weighted by Gasteiger charge is 2.22. The van der Waals surface area contributed by atoms with Gasteiger partial charge in [0.25, 0.3) is 0 Å². The van der Waals surface area contributed by atoms with Crippen LogP contribution in [0.3, 0.4) is 0 Å². The molecule has 84 valence electrons. The number of ether oxygens (including phenoxy) is 2. The van der Waals surface area contributed by atoms with E-state index in [4.69, 9.17) is 9.47 Å². The lowest BCUT2D eigenvalue weighted by Crippen LogP contribution is -2.03. The zero-order valence-electron chi connectivity index (χ0n) is 9.21. The molecule has 1 atom stereocenters. The zero-order valence-corrected chi connectivity index (χ0v) is 9.21. The number of rotatable bonds is 3. The second-order valence-electron chi connectivity index (χ2n) is 3.67. The van der Waals surface area contributed by atoms with Crippen molar-refractivity contribution >= 4 is 0 Å². The highest BCUT2D eigenvalue weighted by atomic mass is 16.6. The lowest BCUT2D eigenvalue weighted by atomic mass is 10.3. The number of benzene rings is 1. The lowest BCUT2D eigenvalue weighted by Gasteiger charge is -2.01. The zero-order chi connectivity index (χ0) is 11.1. The Hall–Kier alpha value is -1.54. The third-order valence-corrected chi connectivity index (χ3v) is 2.24. The molecular weight excluding hydrogens is 200 g/mol. The van der Waals surface area contributed by atoms with Gasteiger partial charge >= 0.3 is 0 Å². The van der Waals surface area contributed by atoms with Gasteiger partial charge in [0.2, 0.25) is 0 Å². The Morgan fingerprint density at radius 2 is 1.81 bits per heavy atom. The molecule has 1 saturated heterocycles. The average molecular weight is 216 g/mol. The van der Waals surface area contributed by atoms with Crippen LogP contribution in [0.2, 0.25) is 0 Å². The van der Waals surface area contributed by atoms with Crippen molar-refractivity contribution in [1.82, 2.24) is 0 Å². The molecular formula is C14H16O2. The predicted molar refractivity (Wildman–Crippen MR) is 64.6 cm³/mol. The summed E-state index contributed by atoms with van der Waals surface area (Å²) in [5, 5.41) is 0. The van der Waals surface area contributed by atoms with Crippen molar-refractivity contribution in [3.05, 3.63) is 54.6 Å². The molecule has 2 aliphatic rings. The maximum atomic E-state index is 5.40. The molecule has 1 unspecified atom stereocenters. The molecule has 1 aliphatic heterocycles. The highest BCUT2D eigenvalue weighted by molar-refractivity contribution is 5.20. The summed E-state index contributed by atoms with van der Waals surface area (Å²) in [5.74, 6) is 0.919. The normalized spacial score (nSPS) is 20.1. The summed E-state index contributed by atoms with van der Waals surface area (Å²) in [5.41, 5.74) is 0. The minimum Gasteiger partial charge on any atom is -0.491 e. The van der Waals surface area contributed by atoms with Gasteiger partial charge < -0.3 is 9.47 Å². The van der Waals surface area contributed by atoms with Crippen LogP contribution in [0.1, 0.15) is 6.42 Å². The summed E-state index contributed by atoms with van der Waals surface area (Å²) in [6.45, 7) is 1.54. The van der Waals surface area contributed by atoms with E-state index < -0.39 is 0 Å². The number of epoxide rings is 1. The lowest BCUT2D eigenvalue weighted by molar-refractivity contribution is 0.263. The van der Waals surface area contributed by atoms with Crippen molar-refractivity contribution in [2.45, 2.75) is 12.5 Å². The number of para-hydroxylation sites is 1. The molecule has 0 N–H and O–H groups in total. The Morgan fingerprint density at radius 1 is 1.12 bits per heavy atom. The molecule has 16 heavy (non-hydrogen) atoms. The standard InChI is InChI=1S/C9H10O2.C5H6/c1-2-4-8(5-3-1)10-6-9-7-11-9;1-2-4-5-3-1/h1-5,9H,6-7H2;1-4H,5H2. The maximum absolute atomic E-state index is 5.40. The van der Waals surface area contributed by atoms with Gasteiger partial charge in [-0.1, -0.05) is 42.5 Å². The summed E-state index contributed by atoms with van der Waals surface area (Å²) in [6.07, 6.45) is 9.84. The topological polar surface area (TPSA) is 21.8 Å². The molecule has 0 spiro atoms. The van der Waals surface area contributed by atoms with E-state index in [1.54, 1.807) is 0 Å². The molecule has 2 nitrogen and oxygen atoms in total. The van der Waals surface area contributed by atoms with Gasteiger partial charge in [-0.15, -0.1) is 0 Å². The van der Waals surface area contributed by atoms with E-state index in [1.165, 1.54) is 0 Å². The van der Waals surface area contributed by atoms with E-state index in [2.05, 4.69) is 24.3 Å². The van der Waals surface area contributed by atoms with Crippen LogP contribution in [0.5, 0.6) is 5.75 Å². The van der Waals surface area contributed by atoms with Gasteiger partial charge in [-0.3, -0.25) is 0 Å². The first-order chi connectivity index (χ1) is 7.95. The highest BCUT2D eigenvalue weighted by Crippen LogP contribution is 2.13. The fourth-order valence-corrected chi connectivity index (χ4v) is 1.26. The summed E-state index contributed by atoms with van der Waals surface area (Å²) >= 11 is 0. The molecule has 0 radical (unpaired) electrons. The van der Waals surface area contributed by atoms with E-state index >= 15 is 0 Å². The molecule has 3 rings (SSSR count). The summed E-state index contributed by atoms with van der Waals surface area (Å²) < 4.78 is 10.4. The van der Waals surface area contributed by atoms with Crippen LogP contribution in [0.25, 0.3) is 0 Å². The quantitative estimate of drug-likeness (QED) is 0.724. The number of hydrogen-bond donors (Lipinski definition) is 0. The van der Waals surface area contributed by atoms with E-state index in [0.29, 0.717) is 12.7 Å². The number of hydrogen-bond acceptors (Lipinski definition) is 2. The Morgan fingerprint density at radius 3 is 2.31 bits per heavy atom. The monoisotopic (exact) mass is 216 g/mol. The smallest absolute Gasteiger partial charge is 0.119 e. The molecule has 0 saturated carbocycles. The molecule has 1 aliphatic carbocycles. The van der Waals surface area contributed by atoms with Gasteiger partial charge in [0, 0.05) is 0 Å². The Kier molecular flexibility index (Phi) is 4.20. The first-order valence-corrected chi connectivity index (χ1v) is 5.56. The van der Waals surface area contributed by atoms with Crippen LogP contribution in [-0.4, -0.2) is 19.3 Å². The van der Waals surface area contributed by atoms with E-state index in [-0.39, 0.29) is 0 Å². The fourth-order valence-electron chi connectivity index (χ4n) is 1.26. The van der Waals surface area contributed by atoms with Crippen LogP contribution in [-0.2, 0) is 4.74 Å². The van der Waals surface area contributed by atoms with Gasteiger partial charge in [-0.05, 0) is 18.6 Å². The molecule has 1 aromatic rings. The minimum absolute atomic E-state index is 0.343. The molecule has 2 heteroatoms. The van der Waals surface area contributed by atoms with Gasteiger partial charge in [-0.25, -0.2) is 0 Å². The van der Waals surface area contributed by atoms with Crippen LogP contribution < -0.4 is 4.74 Å². The Balaban J connectivity index is 0.000000162. The van der Waals surface area contributed by atoms with Gasteiger partial charge in [-0.2, -0.15) is 0 Å². The molecule has 0 amide bonds. The third-order valence-electron chi connectivity index (χ3n) is 2.24. The molecule has 0 bridgehead atoms. The second-order valence-corrected chi connectivity index (χ2v) is 3.67. The summed E-state index contributed by atoms with van der Waals surface area (Å²) in [7, 11) is 0. The summed E-state index contributed by atoms with van der Waals surface area (Å²) in [6, 6.07) is 9.79. The fraction of sp³-hybridized carbons (Fsp3) is 0.286. The largest absolute Gasteiger partial charge is 0.491 e. The van der Waals surface area contributed by atoms with Crippen molar-refractivity contribution < 1.29 is 9.47 Å². The Labute approximate surface area is 96.2 Å². The van der Waals surface area contributed by atoms with E-state index in [9.17, 15) is 0 Å². The number of allylic oxidation sites excluding steroid dienone is 4. The van der Waals surface area contributed by atoms with Gasteiger partial charge in [0.05, 0.1) is 6.61 Å². The van der Waals surface area contributed by atoms with Crippen LogP contribution >= 0.6 is 0 Å². The van der Waals surface area contributed by atoms with Crippen molar-refractivity contribution in [2.24, 2.45) is 0 Å². The van der Waals surface area contributed by atoms with Gasteiger partial charge in [0.1, 0.15) is 18.5 Å². The first-order valence-electron chi connectivity index (χ1n) is 5.56. The first kappa shape index (κ1) is 11.0. The SMILES string of the molecule is C1=CCC=C1.c1ccc(OCC2CO2)cc1. The molecule has 0 aromatic heterocycles. The average Bonchev–Trinajstić information content (AvgIpc) is 2.97. The maximum Gasteiger partial charge on any atom is 0.119 e. The predicted octanol–water partition coefficient (Wildman–Crippen LogP) is 2.97. The van der Waals surface area contributed by atoms with Crippen molar-refractivity contribution in [3.8, 4) is 5.75 Å². The Bertz CT molecular complexity index is 340. The summed E-state index contributed by atoms with van der Waals surface area (Å²) in [4.78, 5) is 0. The van der Waals surface area contributed by atoms with Crippen LogP contribution in [0, 0.1) is 0 Å². The third kappa shape index (κ3) is 4.32. The van der Waals surface area contributed by atoms with Crippen molar-refractivity contribution in [1.29, 1.82) is 0 Å². The second kappa shape index (κ2) is 6.13. The molecule has 1 aromatic carbocycles. The minimum atomic E-state index is 0.343. The van der Waals surface area contributed by atoms with E-state index in [0.717, 1.165) is 18.8 Å². The van der Waals surface area contributed by atoms with Crippen LogP contribution in [0.4, 0.5) is 0 Å². The van der Waals surface area contributed by atoms with Crippen LogP contribution in [0.15, 0.2) is 54.6 Å². The van der Waals surface area contributed by atoms with Gasteiger partial charge in [0.15, 0.2) is 0 Å². The van der Waals surface area contributed by atoms with Crippen molar-refractivity contribution in [3.63, 3.8) is 0 Å².